The Morgan fingerprint density at radius 2 is 2.27 bits per heavy atom. The highest BCUT2D eigenvalue weighted by atomic mass is 127. The zero-order valence-corrected chi connectivity index (χ0v) is 11.5. The summed E-state index contributed by atoms with van der Waals surface area (Å²) in [4.78, 5) is 17.4. The van der Waals surface area contributed by atoms with Crippen LogP contribution in [0.2, 0.25) is 0 Å². The molecule has 15 heavy (non-hydrogen) atoms. The van der Waals surface area contributed by atoms with E-state index < -0.39 is 7.60 Å². The van der Waals surface area contributed by atoms with E-state index >= 15 is 0 Å². The predicted octanol–water partition coefficient (Wildman–Crippen LogP) is 0.0779. The van der Waals surface area contributed by atoms with Gasteiger partial charge in [-0.1, -0.05) is 0 Å². The van der Waals surface area contributed by atoms with Gasteiger partial charge in [-0.3, -0.25) is 4.57 Å². The summed E-state index contributed by atoms with van der Waals surface area (Å²) in [6.45, 7) is 1.59. The lowest BCUT2D eigenvalue weighted by Crippen LogP contribution is -2.24. The predicted molar refractivity (Wildman–Crippen MR) is 68.6 cm³/mol. The molecular weight excluding hydrogens is 331 g/mol. The summed E-state index contributed by atoms with van der Waals surface area (Å²) in [6.07, 6.45) is 2.14. The van der Waals surface area contributed by atoms with Crippen molar-refractivity contribution in [3.05, 3.63) is 11.9 Å². The van der Waals surface area contributed by atoms with Crippen molar-refractivity contribution in [2.24, 2.45) is 0 Å². The fraction of sp³-hybridized carbons (Fsp3) is 0.714. The molecule has 1 rings (SSSR count). The minimum Gasteiger partial charge on any atom is -0.379 e. The Hall–Kier alpha value is 0.605. The second-order valence-corrected chi connectivity index (χ2v) is 6.41. The maximum atomic E-state index is 10.7. The molecule has 1 aliphatic rings. The molecule has 1 aliphatic heterocycles. The Kier molecular flexibility index (Phi) is 5.28. The average Bonchev–Trinajstić information content (AvgIpc) is 2.24. The molecule has 8 heteroatoms. The SMILES string of the molecule is BC1CCN(I)CC(/C=C/P(=O)(O)O)O1. The Morgan fingerprint density at radius 1 is 1.60 bits per heavy atom. The van der Waals surface area contributed by atoms with Gasteiger partial charge in [-0.15, -0.1) is 0 Å². The van der Waals surface area contributed by atoms with Gasteiger partial charge in [0.1, 0.15) is 7.85 Å². The fourth-order valence-electron chi connectivity index (χ4n) is 1.33. The molecule has 0 aliphatic carbocycles. The second-order valence-electron chi connectivity index (χ2n) is 3.57. The number of halogens is 1. The van der Waals surface area contributed by atoms with E-state index in [4.69, 9.17) is 14.5 Å². The monoisotopic (exact) mass is 345 g/mol. The van der Waals surface area contributed by atoms with E-state index in [2.05, 4.69) is 26.0 Å². The van der Waals surface area contributed by atoms with E-state index in [1.165, 1.54) is 6.08 Å². The highest BCUT2D eigenvalue weighted by Crippen LogP contribution is 2.36. The summed E-state index contributed by atoms with van der Waals surface area (Å²) in [5.41, 5.74) is 0. The smallest absolute Gasteiger partial charge is 0.348 e. The van der Waals surface area contributed by atoms with Crippen LogP contribution in [0.5, 0.6) is 0 Å². The summed E-state index contributed by atoms with van der Waals surface area (Å²) in [6, 6.07) is 0.121. The Labute approximate surface area is 104 Å². The largest absolute Gasteiger partial charge is 0.379 e. The van der Waals surface area contributed by atoms with Crippen molar-refractivity contribution >= 4 is 38.3 Å². The lowest BCUT2D eigenvalue weighted by atomic mass is 9.97. The van der Waals surface area contributed by atoms with Crippen LogP contribution < -0.4 is 0 Å². The normalized spacial score (nSPS) is 30.6. The molecule has 1 saturated heterocycles. The van der Waals surface area contributed by atoms with Gasteiger partial charge in [-0.2, -0.15) is 0 Å². The maximum Gasteiger partial charge on any atom is 0.348 e. The number of ether oxygens (including phenoxy) is 1. The molecule has 86 valence electrons. The van der Waals surface area contributed by atoms with Crippen LogP contribution in [0.1, 0.15) is 6.42 Å². The van der Waals surface area contributed by atoms with E-state index in [0.717, 1.165) is 18.8 Å². The molecule has 0 aromatic carbocycles. The summed E-state index contributed by atoms with van der Waals surface area (Å²) in [5.74, 6) is 0.917. The van der Waals surface area contributed by atoms with Crippen LogP contribution in [0.3, 0.4) is 0 Å². The fourth-order valence-corrected chi connectivity index (χ4v) is 2.42. The van der Waals surface area contributed by atoms with Gasteiger partial charge in [-0.05, 0) is 12.5 Å². The molecule has 0 amide bonds. The number of nitrogens with zero attached hydrogens (tertiary/aromatic N) is 1. The minimum atomic E-state index is -4.07. The highest BCUT2D eigenvalue weighted by molar-refractivity contribution is 14.1. The maximum absolute atomic E-state index is 10.7. The lowest BCUT2D eigenvalue weighted by molar-refractivity contribution is 0.0702. The summed E-state index contributed by atoms with van der Waals surface area (Å²) in [7, 11) is -2.10. The Morgan fingerprint density at radius 3 is 2.87 bits per heavy atom. The first-order valence-corrected chi connectivity index (χ1v) is 7.32. The van der Waals surface area contributed by atoms with Crippen molar-refractivity contribution < 1.29 is 19.1 Å². The molecule has 0 aromatic rings. The van der Waals surface area contributed by atoms with Crippen LogP contribution in [0.25, 0.3) is 0 Å². The lowest BCUT2D eigenvalue weighted by Gasteiger charge is -2.16. The number of hydrogen-bond acceptors (Lipinski definition) is 3. The van der Waals surface area contributed by atoms with Crippen molar-refractivity contribution in [3.8, 4) is 0 Å². The van der Waals surface area contributed by atoms with Gasteiger partial charge in [0, 0.05) is 47.8 Å². The molecule has 0 bridgehead atoms. The van der Waals surface area contributed by atoms with Gasteiger partial charge in [0.2, 0.25) is 0 Å². The molecule has 1 heterocycles. The van der Waals surface area contributed by atoms with Crippen molar-refractivity contribution in [1.29, 1.82) is 0 Å². The van der Waals surface area contributed by atoms with Gasteiger partial charge in [0.25, 0.3) is 0 Å². The first-order chi connectivity index (χ1) is 6.87. The first-order valence-electron chi connectivity index (χ1n) is 4.67. The van der Waals surface area contributed by atoms with Gasteiger partial charge in [-0.25, -0.2) is 3.11 Å². The summed E-state index contributed by atoms with van der Waals surface area (Å²) < 4.78 is 18.3. The third-order valence-corrected chi connectivity index (χ3v) is 3.50. The molecule has 0 radical (unpaired) electrons. The summed E-state index contributed by atoms with van der Waals surface area (Å²) >= 11 is 2.19. The van der Waals surface area contributed by atoms with E-state index in [-0.39, 0.29) is 12.1 Å². The first kappa shape index (κ1) is 13.7. The van der Waals surface area contributed by atoms with Crippen molar-refractivity contribution in [1.82, 2.24) is 3.11 Å². The Balaban J connectivity index is 2.59. The third kappa shape index (κ3) is 6.04. The quantitative estimate of drug-likeness (QED) is 0.321. The number of hydrogen-bond donors (Lipinski definition) is 2. The van der Waals surface area contributed by atoms with E-state index in [9.17, 15) is 4.57 Å². The molecule has 2 unspecified atom stereocenters. The van der Waals surface area contributed by atoms with Gasteiger partial charge in [0.05, 0.1) is 6.10 Å². The van der Waals surface area contributed by atoms with Gasteiger partial charge in [0.15, 0.2) is 0 Å². The molecule has 2 atom stereocenters. The van der Waals surface area contributed by atoms with E-state index in [0.29, 0.717) is 6.54 Å². The summed E-state index contributed by atoms with van der Waals surface area (Å²) in [5, 5.41) is 0. The molecule has 1 fully saturated rings. The van der Waals surface area contributed by atoms with Crippen LogP contribution in [-0.4, -0.2) is 45.9 Å². The second kappa shape index (κ2) is 5.79. The molecule has 2 N–H and O–H groups in total. The minimum absolute atomic E-state index is 0.121. The van der Waals surface area contributed by atoms with E-state index in [1.807, 2.05) is 7.85 Å². The molecule has 5 nitrogen and oxygen atoms in total. The van der Waals surface area contributed by atoms with Crippen LogP contribution in [-0.2, 0) is 9.30 Å². The third-order valence-electron chi connectivity index (χ3n) is 2.06. The Bertz CT molecular complexity index is 272. The standard InChI is InChI=1S/C7H14BINO4P/c8-7-1-3-10(9)5-6(14-7)2-4-15(11,12)13/h2,4,6-7H,1,3,5,8H2,(H2,11,12,13)/b4-2+. The van der Waals surface area contributed by atoms with Crippen LogP contribution in [0, 0.1) is 0 Å². The van der Waals surface area contributed by atoms with Gasteiger partial charge >= 0.3 is 7.60 Å². The average molecular weight is 345 g/mol. The molecule has 0 aromatic heterocycles. The molecule has 0 spiro atoms. The van der Waals surface area contributed by atoms with Crippen molar-refractivity contribution in [3.63, 3.8) is 0 Å². The van der Waals surface area contributed by atoms with Gasteiger partial charge < -0.3 is 14.5 Å². The van der Waals surface area contributed by atoms with Crippen LogP contribution in [0.4, 0.5) is 0 Å². The highest BCUT2D eigenvalue weighted by Gasteiger charge is 2.20. The van der Waals surface area contributed by atoms with Crippen LogP contribution >= 0.6 is 30.5 Å². The zero-order chi connectivity index (χ0) is 11.5. The molecule has 0 saturated carbocycles. The topological polar surface area (TPSA) is 70.0 Å². The zero-order valence-electron chi connectivity index (χ0n) is 8.41. The molecular formula is C7H14BINO4P. The van der Waals surface area contributed by atoms with Crippen molar-refractivity contribution in [2.75, 3.05) is 13.1 Å². The number of rotatable bonds is 2. The van der Waals surface area contributed by atoms with Crippen LogP contribution in [0.15, 0.2) is 11.9 Å². The van der Waals surface area contributed by atoms with E-state index in [1.54, 1.807) is 0 Å². The van der Waals surface area contributed by atoms with Crippen molar-refractivity contribution in [2.45, 2.75) is 18.5 Å².